The van der Waals surface area contributed by atoms with Gasteiger partial charge < -0.3 is 5.32 Å². The zero-order chi connectivity index (χ0) is 31.0. The van der Waals surface area contributed by atoms with Crippen LogP contribution in [-0.2, 0) is 41.2 Å². The van der Waals surface area contributed by atoms with Gasteiger partial charge in [-0.3, -0.25) is 4.79 Å². The lowest BCUT2D eigenvalue weighted by molar-refractivity contribution is -0.120. The van der Waals surface area contributed by atoms with Gasteiger partial charge in [0, 0.05) is 5.75 Å². The Hall–Kier alpha value is -0.920. The molecular formula is C33H34ClNOP2S6+2. The quantitative estimate of drug-likeness (QED) is 0.0615. The summed E-state index contributed by atoms with van der Waals surface area (Å²) in [7, 11) is 0. The first kappa shape index (κ1) is 35.9. The number of nitrogens with one attached hydrogen (secondary N) is 1. The second kappa shape index (κ2) is 20.3. The SMILES string of the molecule is O=C(NCS[P+](=S)SC(Cc1ccccc1)c1ccccc1)C(Cl)CCS[P+](=S)SC(Cc1ccccc1)c1ccccc1. The van der Waals surface area contributed by atoms with Crippen LogP contribution in [0.5, 0.6) is 0 Å². The van der Waals surface area contributed by atoms with Gasteiger partial charge in [-0.15, -0.1) is 11.6 Å². The maximum atomic E-state index is 12.7. The molecule has 0 fully saturated rings. The molecule has 0 aliphatic heterocycles. The van der Waals surface area contributed by atoms with E-state index < -0.39 is 15.6 Å². The number of amides is 1. The standard InChI is InChI=1S/C33H33ClNOP2S6/c34-30(21-22-41-37(39)43-31(28-17-9-3-10-18-28)23-26-13-5-1-6-14-26)33(36)35-25-42-38(40)44-32(29-19-11-4-12-20-29)24-27-15-7-2-8-16-27/h1-20,30-32H,21-25H2/q+1/p+1. The smallest absolute Gasteiger partial charge is 0.319 e. The van der Waals surface area contributed by atoms with Gasteiger partial charge in [0.15, 0.2) is 23.6 Å². The van der Waals surface area contributed by atoms with Crippen molar-refractivity contribution in [2.45, 2.75) is 35.1 Å². The molecule has 2 nitrogen and oxygen atoms in total. The van der Waals surface area contributed by atoms with Crippen LogP contribution in [0.2, 0.25) is 0 Å². The van der Waals surface area contributed by atoms with Crippen molar-refractivity contribution >= 4 is 96.9 Å². The molecule has 0 heterocycles. The van der Waals surface area contributed by atoms with Crippen LogP contribution in [-0.4, -0.2) is 22.9 Å². The zero-order valence-corrected chi connectivity index (χ0v) is 31.4. The van der Waals surface area contributed by atoms with Crippen molar-refractivity contribution in [3.05, 3.63) is 144 Å². The van der Waals surface area contributed by atoms with E-state index >= 15 is 0 Å². The molecule has 5 atom stereocenters. The monoisotopic (exact) mass is 749 g/mol. The van der Waals surface area contributed by atoms with E-state index in [1.165, 1.54) is 22.3 Å². The van der Waals surface area contributed by atoms with Crippen LogP contribution < -0.4 is 5.32 Å². The summed E-state index contributed by atoms with van der Waals surface area (Å²) in [6.45, 7) is 0. The van der Waals surface area contributed by atoms with E-state index in [0.29, 0.717) is 17.5 Å². The minimum Gasteiger partial charge on any atom is -0.342 e. The van der Waals surface area contributed by atoms with E-state index in [-0.39, 0.29) is 11.2 Å². The van der Waals surface area contributed by atoms with E-state index in [1.807, 2.05) is 47.0 Å². The van der Waals surface area contributed by atoms with E-state index in [9.17, 15) is 4.79 Å². The fourth-order valence-electron chi connectivity index (χ4n) is 4.32. The Kier molecular flexibility index (Phi) is 16.6. The minimum atomic E-state index is -0.815. The lowest BCUT2D eigenvalue weighted by atomic mass is 10.0. The Morgan fingerprint density at radius 2 is 1.07 bits per heavy atom. The molecule has 0 aliphatic rings. The normalized spacial score (nSPS) is 13.8. The van der Waals surface area contributed by atoms with Crippen molar-refractivity contribution in [1.29, 1.82) is 0 Å². The highest BCUT2D eigenvalue weighted by Crippen LogP contribution is 2.58. The van der Waals surface area contributed by atoms with E-state index in [4.69, 9.17) is 35.2 Å². The molecule has 0 aromatic heterocycles. The van der Waals surface area contributed by atoms with Gasteiger partial charge in [0.1, 0.15) is 56.8 Å². The van der Waals surface area contributed by atoms with Gasteiger partial charge in [-0.2, -0.15) is 0 Å². The van der Waals surface area contributed by atoms with Crippen molar-refractivity contribution < 1.29 is 4.79 Å². The number of alkyl halides is 1. The number of hydrogen-bond acceptors (Lipinski definition) is 7. The van der Waals surface area contributed by atoms with Gasteiger partial charge in [-0.25, -0.2) is 0 Å². The first-order valence-electron chi connectivity index (χ1n) is 14.1. The Bertz CT molecular complexity index is 1450. The molecule has 0 aliphatic carbocycles. The Balaban J connectivity index is 1.18. The predicted molar refractivity (Wildman–Crippen MR) is 210 cm³/mol. The molecule has 228 valence electrons. The molecular weight excluding hydrogens is 716 g/mol. The molecule has 5 unspecified atom stereocenters. The third-order valence-corrected chi connectivity index (χ3v) is 21.5. The summed E-state index contributed by atoms with van der Waals surface area (Å²) in [6.07, 6.45) is 2.44. The molecule has 0 saturated heterocycles. The second-order valence-electron chi connectivity index (χ2n) is 9.74. The Morgan fingerprint density at radius 3 is 1.52 bits per heavy atom. The summed E-state index contributed by atoms with van der Waals surface area (Å²) in [5, 5.41) is 1.40. The molecule has 4 rings (SSSR count). The average Bonchev–Trinajstić information content (AvgIpc) is 3.06. The summed E-state index contributed by atoms with van der Waals surface area (Å²) in [4.78, 5) is 12.7. The summed E-state index contributed by atoms with van der Waals surface area (Å²) in [5.74, 6) is 1.08. The molecule has 1 amide bonds. The third kappa shape index (κ3) is 13.1. The first-order chi connectivity index (χ1) is 21.5. The molecule has 4 aromatic rings. The van der Waals surface area contributed by atoms with Crippen LogP contribution >= 0.6 is 67.3 Å². The Morgan fingerprint density at radius 1 is 0.659 bits per heavy atom. The fourth-order valence-corrected chi connectivity index (χ4v) is 18.3. The predicted octanol–water partition coefficient (Wildman–Crippen LogP) is 11.5. The van der Waals surface area contributed by atoms with Crippen molar-refractivity contribution in [2.75, 3.05) is 11.6 Å². The molecule has 4 aromatic carbocycles. The van der Waals surface area contributed by atoms with Crippen molar-refractivity contribution in [2.24, 2.45) is 0 Å². The highest BCUT2D eigenvalue weighted by atomic mass is 35.5. The number of benzene rings is 4. The zero-order valence-electron chi connectivity index (χ0n) is 23.9. The maximum absolute atomic E-state index is 12.7. The average molecular weight is 750 g/mol. The summed E-state index contributed by atoms with van der Waals surface area (Å²) in [6, 6.07) is 42.2. The number of hydrogen-bond donors (Lipinski definition) is 1. The summed E-state index contributed by atoms with van der Waals surface area (Å²) >= 11 is 25.3. The van der Waals surface area contributed by atoms with Gasteiger partial charge >= 0.3 is 10.2 Å². The number of rotatable bonds is 18. The lowest BCUT2D eigenvalue weighted by Gasteiger charge is -2.12. The van der Waals surface area contributed by atoms with Crippen LogP contribution in [0.15, 0.2) is 121 Å². The van der Waals surface area contributed by atoms with Gasteiger partial charge in [-0.1, -0.05) is 121 Å². The molecule has 0 spiro atoms. The van der Waals surface area contributed by atoms with Crippen molar-refractivity contribution in [3.8, 4) is 0 Å². The Labute approximate surface area is 294 Å². The summed E-state index contributed by atoms with van der Waals surface area (Å²) < 4.78 is 0. The van der Waals surface area contributed by atoms with Crippen molar-refractivity contribution in [3.63, 3.8) is 0 Å². The van der Waals surface area contributed by atoms with Gasteiger partial charge in [0.05, 0.1) is 10.5 Å². The van der Waals surface area contributed by atoms with Gasteiger partial charge in [0.2, 0.25) is 5.91 Å². The van der Waals surface area contributed by atoms with Crippen LogP contribution in [0.25, 0.3) is 0 Å². The van der Waals surface area contributed by atoms with Gasteiger partial charge in [0.25, 0.3) is 0 Å². The summed E-state index contributed by atoms with van der Waals surface area (Å²) in [5.41, 5.74) is 5.17. The number of carbonyl (C=O) groups is 1. The second-order valence-corrected chi connectivity index (χ2v) is 27.5. The first-order valence-corrected chi connectivity index (χ1v) is 25.4. The molecule has 0 saturated carbocycles. The molecule has 1 N–H and O–H groups in total. The largest absolute Gasteiger partial charge is 0.342 e. The van der Waals surface area contributed by atoms with Crippen LogP contribution in [0.1, 0.15) is 39.2 Å². The van der Waals surface area contributed by atoms with Gasteiger partial charge in [-0.05, 0) is 41.5 Å². The lowest BCUT2D eigenvalue weighted by Crippen LogP contribution is -2.31. The molecule has 11 heteroatoms. The number of carbonyl (C=O) groups excluding carboxylic acids is 1. The number of halogens is 1. The van der Waals surface area contributed by atoms with E-state index in [0.717, 1.165) is 18.6 Å². The molecule has 44 heavy (non-hydrogen) atoms. The maximum Gasteiger partial charge on any atom is 0.319 e. The van der Waals surface area contributed by atoms with Crippen LogP contribution in [0.4, 0.5) is 0 Å². The molecule has 0 bridgehead atoms. The topological polar surface area (TPSA) is 29.1 Å². The van der Waals surface area contributed by atoms with Crippen LogP contribution in [0, 0.1) is 0 Å². The van der Waals surface area contributed by atoms with Crippen LogP contribution in [0.3, 0.4) is 0 Å². The third-order valence-electron chi connectivity index (χ3n) is 6.57. The highest BCUT2D eigenvalue weighted by molar-refractivity contribution is 8.94. The molecule has 0 radical (unpaired) electrons. The van der Waals surface area contributed by atoms with E-state index in [1.54, 1.807) is 22.8 Å². The fraction of sp³-hybridized carbons (Fsp3) is 0.242. The van der Waals surface area contributed by atoms with E-state index in [2.05, 4.69) is 102 Å². The highest BCUT2D eigenvalue weighted by Gasteiger charge is 2.28. The minimum absolute atomic E-state index is 0.139. The van der Waals surface area contributed by atoms with Crippen molar-refractivity contribution in [1.82, 2.24) is 5.32 Å².